The third kappa shape index (κ3) is 4.41. The van der Waals surface area contributed by atoms with Crippen LogP contribution >= 0.6 is 23.4 Å². The summed E-state index contributed by atoms with van der Waals surface area (Å²) in [6, 6.07) is 7.52. The molecule has 0 radical (unpaired) electrons. The number of rotatable bonds is 5. The quantitative estimate of drug-likeness (QED) is 0.488. The number of thioether (sulfide) groups is 1. The molecule has 164 valence electrons. The van der Waals surface area contributed by atoms with Crippen LogP contribution in [0.5, 0.6) is 5.75 Å². The monoisotopic (exact) mass is 458 g/mol. The number of halogens is 1. The fourth-order valence-corrected chi connectivity index (χ4v) is 5.57. The summed E-state index contributed by atoms with van der Waals surface area (Å²) in [4.78, 5) is 27.5. The van der Waals surface area contributed by atoms with Gasteiger partial charge in [0.25, 0.3) is 11.1 Å². The Morgan fingerprint density at radius 3 is 2.61 bits per heavy atom. The maximum Gasteiger partial charge on any atom is 0.293 e. The molecule has 0 atom stereocenters. The molecule has 2 amide bonds. The van der Waals surface area contributed by atoms with Gasteiger partial charge in [-0.05, 0) is 80.3 Å². The molecule has 0 unspecified atom stereocenters. The van der Waals surface area contributed by atoms with Crippen LogP contribution in [0.25, 0.3) is 11.8 Å². The second kappa shape index (κ2) is 9.13. The van der Waals surface area contributed by atoms with Crippen LogP contribution in [0.4, 0.5) is 4.79 Å². The molecule has 1 aromatic heterocycles. The van der Waals surface area contributed by atoms with E-state index in [9.17, 15) is 9.59 Å². The zero-order valence-electron chi connectivity index (χ0n) is 18.1. The minimum atomic E-state index is -0.175. The first-order valence-corrected chi connectivity index (χ1v) is 11.9. The summed E-state index contributed by atoms with van der Waals surface area (Å²) in [6.07, 6.45) is 7.67. The van der Waals surface area contributed by atoms with Gasteiger partial charge in [-0.2, -0.15) is 0 Å². The lowest BCUT2D eigenvalue weighted by Gasteiger charge is -2.25. The van der Waals surface area contributed by atoms with E-state index in [1.54, 1.807) is 13.2 Å². The summed E-state index contributed by atoms with van der Waals surface area (Å²) in [6.45, 7) is 4.53. The molecular weight excluding hydrogens is 432 g/mol. The Morgan fingerprint density at radius 2 is 1.90 bits per heavy atom. The number of carbonyl (C=O) groups is 2. The molecule has 7 heteroatoms. The minimum Gasteiger partial charge on any atom is -0.495 e. The van der Waals surface area contributed by atoms with Crippen molar-refractivity contribution in [2.24, 2.45) is 5.92 Å². The van der Waals surface area contributed by atoms with E-state index in [-0.39, 0.29) is 11.1 Å². The number of benzene rings is 1. The zero-order chi connectivity index (χ0) is 22.1. The summed E-state index contributed by atoms with van der Waals surface area (Å²) in [5.74, 6) is 0.971. The largest absolute Gasteiger partial charge is 0.495 e. The molecule has 1 aromatic carbocycles. The highest BCUT2D eigenvalue weighted by atomic mass is 35.5. The number of aromatic nitrogens is 1. The van der Waals surface area contributed by atoms with Gasteiger partial charge in [-0.3, -0.25) is 14.5 Å². The molecule has 5 nitrogen and oxygen atoms in total. The van der Waals surface area contributed by atoms with E-state index >= 15 is 0 Å². The average Bonchev–Trinajstić information content (AvgIpc) is 3.18. The van der Waals surface area contributed by atoms with E-state index in [0.29, 0.717) is 28.1 Å². The SMILES string of the molecule is COc1ccc(Cl)cc1-n1c(C)cc(/C=C2/SC(=O)N(CC3CCCCC3)C2=O)c1C. The van der Waals surface area contributed by atoms with Crippen LogP contribution in [0.2, 0.25) is 5.02 Å². The summed E-state index contributed by atoms with van der Waals surface area (Å²) >= 11 is 7.27. The van der Waals surface area contributed by atoms with Crippen LogP contribution < -0.4 is 4.74 Å². The van der Waals surface area contributed by atoms with Crippen molar-refractivity contribution in [1.82, 2.24) is 9.47 Å². The topological polar surface area (TPSA) is 51.5 Å². The van der Waals surface area contributed by atoms with E-state index in [1.165, 1.54) is 24.2 Å². The van der Waals surface area contributed by atoms with Gasteiger partial charge < -0.3 is 9.30 Å². The van der Waals surface area contributed by atoms with Gasteiger partial charge in [-0.25, -0.2) is 0 Å². The molecule has 2 fully saturated rings. The Kier molecular flexibility index (Phi) is 6.49. The first-order chi connectivity index (χ1) is 14.9. The first kappa shape index (κ1) is 22.0. The molecule has 4 rings (SSSR count). The summed E-state index contributed by atoms with van der Waals surface area (Å²) in [5, 5.41) is 0.459. The van der Waals surface area contributed by atoms with Crippen LogP contribution in [0, 0.1) is 19.8 Å². The van der Waals surface area contributed by atoms with Gasteiger partial charge >= 0.3 is 0 Å². The third-order valence-electron chi connectivity index (χ3n) is 6.18. The van der Waals surface area contributed by atoms with Gasteiger partial charge in [0, 0.05) is 23.0 Å². The van der Waals surface area contributed by atoms with E-state index in [1.807, 2.05) is 38.1 Å². The Bertz CT molecular complexity index is 1050. The normalized spacial score (nSPS) is 19.0. The van der Waals surface area contributed by atoms with Crippen LogP contribution in [0.3, 0.4) is 0 Å². The first-order valence-electron chi connectivity index (χ1n) is 10.7. The molecule has 2 heterocycles. The molecule has 1 saturated carbocycles. The van der Waals surface area contributed by atoms with Crippen molar-refractivity contribution in [3.8, 4) is 11.4 Å². The number of imide groups is 1. The lowest BCUT2D eigenvalue weighted by Crippen LogP contribution is -2.34. The van der Waals surface area contributed by atoms with Gasteiger partial charge in [0.2, 0.25) is 0 Å². The van der Waals surface area contributed by atoms with Crippen molar-refractivity contribution in [2.75, 3.05) is 13.7 Å². The van der Waals surface area contributed by atoms with Gasteiger partial charge in [-0.15, -0.1) is 0 Å². The molecule has 1 aliphatic heterocycles. The fraction of sp³-hybridized carbons (Fsp3) is 0.417. The van der Waals surface area contributed by atoms with Crippen LogP contribution in [-0.4, -0.2) is 34.3 Å². The Labute approximate surface area is 192 Å². The highest BCUT2D eigenvalue weighted by molar-refractivity contribution is 8.18. The molecular formula is C24H27ClN2O3S. The smallest absolute Gasteiger partial charge is 0.293 e. The zero-order valence-corrected chi connectivity index (χ0v) is 19.7. The van der Waals surface area contributed by atoms with Crippen LogP contribution in [-0.2, 0) is 4.79 Å². The van der Waals surface area contributed by atoms with Crippen molar-refractivity contribution in [1.29, 1.82) is 0 Å². The molecule has 0 bridgehead atoms. The molecule has 31 heavy (non-hydrogen) atoms. The Hall–Kier alpha value is -2.18. The number of aryl methyl sites for hydroxylation is 1. The highest BCUT2D eigenvalue weighted by Gasteiger charge is 2.36. The minimum absolute atomic E-state index is 0.160. The fourth-order valence-electron chi connectivity index (χ4n) is 4.57. The van der Waals surface area contributed by atoms with E-state index < -0.39 is 0 Å². The number of hydrogen-bond donors (Lipinski definition) is 0. The van der Waals surface area contributed by atoms with Crippen molar-refractivity contribution in [3.05, 3.63) is 51.1 Å². The lowest BCUT2D eigenvalue weighted by atomic mass is 9.89. The molecule has 2 aliphatic rings. The van der Waals surface area contributed by atoms with Gasteiger partial charge in [0.15, 0.2) is 0 Å². The second-order valence-corrected chi connectivity index (χ2v) is 9.70. The van der Waals surface area contributed by atoms with Gasteiger partial charge in [-0.1, -0.05) is 30.9 Å². The lowest BCUT2D eigenvalue weighted by molar-refractivity contribution is -0.123. The molecule has 0 N–H and O–H groups in total. The van der Waals surface area contributed by atoms with Crippen molar-refractivity contribution in [3.63, 3.8) is 0 Å². The van der Waals surface area contributed by atoms with Gasteiger partial charge in [0.1, 0.15) is 5.75 Å². The Balaban J connectivity index is 1.63. The maximum atomic E-state index is 13.0. The predicted molar refractivity (Wildman–Crippen MR) is 126 cm³/mol. The van der Waals surface area contributed by atoms with Crippen LogP contribution in [0.15, 0.2) is 29.2 Å². The number of hydrogen-bond acceptors (Lipinski definition) is 4. The number of amides is 2. The number of nitrogens with zero attached hydrogens (tertiary/aromatic N) is 2. The number of methoxy groups -OCH3 is 1. The summed E-state index contributed by atoms with van der Waals surface area (Å²) in [7, 11) is 1.63. The number of ether oxygens (including phenoxy) is 1. The highest BCUT2D eigenvalue weighted by Crippen LogP contribution is 2.37. The standard InChI is InChI=1S/C24H27ClN2O3S/c1-15-11-18(16(2)27(15)20-13-19(25)9-10-21(20)30-3)12-22-23(28)26(24(29)31-22)14-17-7-5-4-6-8-17/h9-13,17H,4-8,14H2,1-3H3/b22-12+. The van der Waals surface area contributed by atoms with E-state index in [4.69, 9.17) is 16.3 Å². The van der Waals surface area contributed by atoms with Crippen molar-refractivity contribution >= 4 is 40.6 Å². The second-order valence-electron chi connectivity index (χ2n) is 8.27. The molecule has 1 aliphatic carbocycles. The van der Waals surface area contributed by atoms with E-state index in [0.717, 1.165) is 47.2 Å². The molecule has 2 aromatic rings. The average molecular weight is 459 g/mol. The predicted octanol–water partition coefficient (Wildman–Crippen LogP) is 6.37. The Morgan fingerprint density at radius 1 is 1.16 bits per heavy atom. The number of carbonyl (C=O) groups excluding carboxylic acids is 2. The van der Waals surface area contributed by atoms with Crippen molar-refractivity contribution < 1.29 is 14.3 Å². The van der Waals surface area contributed by atoms with Gasteiger partial charge in [0.05, 0.1) is 17.7 Å². The third-order valence-corrected chi connectivity index (χ3v) is 7.32. The summed E-state index contributed by atoms with van der Waals surface area (Å²) in [5.41, 5.74) is 3.70. The molecule has 1 saturated heterocycles. The maximum absolute atomic E-state index is 13.0. The van der Waals surface area contributed by atoms with Crippen molar-refractivity contribution in [2.45, 2.75) is 46.0 Å². The van der Waals surface area contributed by atoms with E-state index in [2.05, 4.69) is 4.57 Å². The molecule has 0 spiro atoms. The van der Waals surface area contributed by atoms with Crippen LogP contribution in [0.1, 0.15) is 49.1 Å². The summed E-state index contributed by atoms with van der Waals surface area (Å²) < 4.78 is 7.58.